The summed E-state index contributed by atoms with van der Waals surface area (Å²) in [6.07, 6.45) is -2.07. The molecule has 0 fully saturated rings. The number of benzene rings is 1. The van der Waals surface area contributed by atoms with Crippen LogP contribution < -0.4 is 10.5 Å². The van der Waals surface area contributed by atoms with Crippen molar-refractivity contribution < 1.29 is 27.4 Å². The number of nitrogens with two attached hydrogens (primary N) is 1. The normalized spacial score (nSPS) is 14.0. The summed E-state index contributed by atoms with van der Waals surface area (Å²) >= 11 is 0. The number of ether oxygens (including phenoxy) is 2. The average molecular weight is 277 g/mol. The van der Waals surface area contributed by atoms with E-state index in [1.54, 1.807) is 0 Å². The van der Waals surface area contributed by atoms with Gasteiger partial charge in [-0.3, -0.25) is 0 Å². The third-order valence-electron chi connectivity index (χ3n) is 2.30. The van der Waals surface area contributed by atoms with Gasteiger partial charge in [0.05, 0.1) is 12.6 Å². The molecule has 7 heteroatoms. The molecule has 0 saturated carbocycles. The average Bonchev–Trinajstić information content (AvgIpc) is 2.36. The second-order valence-electron chi connectivity index (χ2n) is 3.63. The van der Waals surface area contributed by atoms with Gasteiger partial charge in [-0.05, 0) is 24.6 Å². The van der Waals surface area contributed by atoms with Crippen LogP contribution in [0.15, 0.2) is 24.3 Å². The lowest BCUT2D eigenvalue weighted by Crippen LogP contribution is -2.31. The van der Waals surface area contributed by atoms with Gasteiger partial charge in [-0.25, -0.2) is 9.18 Å². The molecule has 2 N–H and O–H groups in total. The highest BCUT2D eigenvalue weighted by Crippen LogP contribution is 2.23. The lowest BCUT2D eigenvalue weighted by Gasteiger charge is -2.16. The van der Waals surface area contributed by atoms with Crippen LogP contribution in [0.2, 0.25) is 0 Å². The summed E-state index contributed by atoms with van der Waals surface area (Å²) in [5.74, 6) is -1.24. The SMILES string of the molecule is CCOC(=O)C(F)[C@H](N)c1cccc(OC(F)F)c1. The second-order valence-corrected chi connectivity index (χ2v) is 3.63. The van der Waals surface area contributed by atoms with Crippen molar-refractivity contribution in [2.24, 2.45) is 5.73 Å². The molecule has 19 heavy (non-hydrogen) atoms. The monoisotopic (exact) mass is 277 g/mol. The van der Waals surface area contributed by atoms with Crippen LogP contribution in [-0.2, 0) is 9.53 Å². The van der Waals surface area contributed by atoms with E-state index in [0.717, 1.165) is 6.07 Å². The van der Waals surface area contributed by atoms with Crippen molar-refractivity contribution in [3.8, 4) is 5.75 Å². The molecule has 2 atom stereocenters. The molecule has 0 aromatic heterocycles. The number of halogens is 3. The minimum absolute atomic E-state index is 0.0283. The number of esters is 1. The second kappa shape index (κ2) is 6.98. The molecule has 1 aromatic rings. The number of rotatable bonds is 6. The van der Waals surface area contributed by atoms with Gasteiger partial charge >= 0.3 is 12.6 Å². The first-order chi connectivity index (χ1) is 8.95. The third kappa shape index (κ3) is 4.44. The Hall–Kier alpha value is -1.76. The van der Waals surface area contributed by atoms with Crippen LogP contribution in [0.3, 0.4) is 0 Å². The van der Waals surface area contributed by atoms with Crippen molar-refractivity contribution in [3.63, 3.8) is 0 Å². The van der Waals surface area contributed by atoms with Gasteiger partial charge in [-0.15, -0.1) is 0 Å². The summed E-state index contributed by atoms with van der Waals surface area (Å²) in [6, 6.07) is 3.92. The molecule has 0 radical (unpaired) electrons. The van der Waals surface area contributed by atoms with Gasteiger partial charge in [0.1, 0.15) is 5.75 Å². The van der Waals surface area contributed by atoms with Gasteiger partial charge in [0.25, 0.3) is 0 Å². The van der Waals surface area contributed by atoms with E-state index in [1.165, 1.54) is 25.1 Å². The highest BCUT2D eigenvalue weighted by atomic mass is 19.3. The Morgan fingerprint density at radius 3 is 2.63 bits per heavy atom. The Bertz CT molecular complexity index is 428. The zero-order valence-electron chi connectivity index (χ0n) is 10.2. The number of hydrogen-bond donors (Lipinski definition) is 1. The molecule has 106 valence electrons. The highest BCUT2D eigenvalue weighted by molar-refractivity contribution is 5.75. The first-order valence-electron chi connectivity index (χ1n) is 5.56. The molecule has 0 aliphatic heterocycles. The van der Waals surface area contributed by atoms with Gasteiger partial charge < -0.3 is 15.2 Å². The molecule has 1 rings (SSSR count). The zero-order chi connectivity index (χ0) is 14.4. The van der Waals surface area contributed by atoms with Crippen molar-refractivity contribution in [3.05, 3.63) is 29.8 Å². The quantitative estimate of drug-likeness (QED) is 0.810. The van der Waals surface area contributed by atoms with Crippen LogP contribution in [0.1, 0.15) is 18.5 Å². The van der Waals surface area contributed by atoms with Crippen LogP contribution in [0.5, 0.6) is 5.75 Å². The molecule has 0 spiro atoms. The number of hydrogen-bond acceptors (Lipinski definition) is 4. The maximum atomic E-state index is 13.7. The van der Waals surface area contributed by atoms with Gasteiger partial charge in [0.15, 0.2) is 0 Å². The lowest BCUT2D eigenvalue weighted by molar-refractivity contribution is -0.149. The third-order valence-corrected chi connectivity index (χ3v) is 2.30. The Balaban J connectivity index is 2.81. The highest BCUT2D eigenvalue weighted by Gasteiger charge is 2.28. The zero-order valence-corrected chi connectivity index (χ0v) is 10.2. The summed E-state index contributed by atoms with van der Waals surface area (Å²) < 4.78 is 46.4. The lowest BCUT2D eigenvalue weighted by atomic mass is 10.0. The van der Waals surface area contributed by atoms with E-state index in [2.05, 4.69) is 9.47 Å². The summed E-state index contributed by atoms with van der Waals surface area (Å²) in [7, 11) is 0. The molecular weight excluding hydrogens is 263 g/mol. The van der Waals surface area contributed by atoms with E-state index in [-0.39, 0.29) is 17.9 Å². The van der Waals surface area contributed by atoms with Crippen LogP contribution >= 0.6 is 0 Å². The fraction of sp³-hybridized carbons (Fsp3) is 0.417. The Kier molecular flexibility index (Phi) is 5.62. The van der Waals surface area contributed by atoms with Gasteiger partial charge in [-0.2, -0.15) is 8.78 Å². The molecule has 4 nitrogen and oxygen atoms in total. The van der Waals surface area contributed by atoms with Crippen molar-refractivity contribution >= 4 is 5.97 Å². The maximum Gasteiger partial charge on any atom is 0.387 e. The van der Waals surface area contributed by atoms with E-state index in [4.69, 9.17) is 5.73 Å². The van der Waals surface area contributed by atoms with Crippen molar-refractivity contribution in [2.75, 3.05) is 6.61 Å². The number of carbonyl (C=O) groups is 1. The number of alkyl halides is 3. The predicted molar refractivity (Wildman–Crippen MR) is 61.5 cm³/mol. The van der Waals surface area contributed by atoms with Crippen LogP contribution in [0.4, 0.5) is 13.2 Å². The van der Waals surface area contributed by atoms with E-state index in [0.29, 0.717) is 0 Å². The van der Waals surface area contributed by atoms with Crippen molar-refractivity contribution in [1.82, 2.24) is 0 Å². The van der Waals surface area contributed by atoms with Crippen LogP contribution in [-0.4, -0.2) is 25.4 Å². The predicted octanol–water partition coefficient (Wildman–Crippen LogP) is 2.19. The van der Waals surface area contributed by atoms with Gasteiger partial charge in [0.2, 0.25) is 6.17 Å². The Morgan fingerprint density at radius 2 is 2.05 bits per heavy atom. The standard InChI is InChI=1S/C12H14F3NO3/c1-2-18-11(17)9(13)10(16)7-4-3-5-8(6-7)19-12(14)15/h3-6,9-10,12H,2,16H2,1H3/t9?,10-/m1/s1. The van der Waals surface area contributed by atoms with Crippen LogP contribution in [0, 0.1) is 0 Å². The minimum Gasteiger partial charge on any atom is -0.464 e. The Morgan fingerprint density at radius 1 is 1.37 bits per heavy atom. The van der Waals surface area contributed by atoms with Crippen LogP contribution in [0.25, 0.3) is 0 Å². The fourth-order valence-electron chi connectivity index (χ4n) is 1.44. The van der Waals surface area contributed by atoms with Gasteiger partial charge in [-0.1, -0.05) is 12.1 Å². The summed E-state index contributed by atoms with van der Waals surface area (Å²) in [5, 5.41) is 0. The maximum absolute atomic E-state index is 13.7. The first kappa shape index (κ1) is 15.3. The van der Waals surface area contributed by atoms with E-state index in [9.17, 15) is 18.0 Å². The van der Waals surface area contributed by atoms with E-state index >= 15 is 0 Å². The Labute approximate surface area is 108 Å². The summed E-state index contributed by atoms with van der Waals surface area (Å²) in [5.41, 5.74) is 5.72. The van der Waals surface area contributed by atoms with Crippen molar-refractivity contribution in [2.45, 2.75) is 25.7 Å². The first-order valence-corrected chi connectivity index (χ1v) is 5.56. The topological polar surface area (TPSA) is 61.5 Å². The van der Waals surface area contributed by atoms with Gasteiger partial charge in [0, 0.05) is 0 Å². The molecule has 1 unspecified atom stereocenters. The minimum atomic E-state index is -2.99. The molecule has 0 heterocycles. The fourth-order valence-corrected chi connectivity index (χ4v) is 1.44. The molecule has 0 aliphatic carbocycles. The largest absolute Gasteiger partial charge is 0.464 e. The smallest absolute Gasteiger partial charge is 0.387 e. The molecule has 0 aliphatic rings. The number of carbonyl (C=O) groups excluding carboxylic acids is 1. The molecule has 0 bridgehead atoms. The summed E-state index contributed by atoms with van der Waals surface area (Å²) in [6.45, 7) is -1.42. The molecule has 1 aromatic carbocycles. The van der Waals surface area contributed by atoms with Crippen molar-refractivity contribution in [1.29, 1.82) is 0 Å². The summed E-state index contributed by atoms with van der Waals surface area (Å²) in [4.78, 5) is 11.2. The molecule has 0 saturated heterocycles. The van der Waals surface area contributed by atoms with E-state index in [1.807, 2.05) is 0 Å². The molecular formula is C12H14F3NO3. The molecule has 0 amide bonds. The van der Waals surface area contributed by atoms with E-state index < -0.39 is 24.8 Å².